The molecule has 0 radical (unpaired) electrons. The van der Waals surface area contributed by atoms with Gasteiger partial charge < -0.3 is 19.6 Å². The summed E-state index contributed by atoms with van der Waals surface area (Å²) in [5, 5.41) is 3.37. The minimum absolute atomic E-state index is 0.152. The first kappa shape index (κ1) is 27.7. The first-order valence-corrected chi connectivity index (χ1v) is 14.9. The fraction of sp³-hybridized carbons (Fsp3) is 0.424. The highest BCUT2D eigenvalue weighted by molar-refractivity contribution is 5.93. The summed E-state index contributed by atoms with van der Waals surface area (Å²) in [6.07, 6.45) is 2.86. The predicted molar refractivity (Wildman–Crippen MR) is 158 cm³/mol. The SMILES string of the molecule is COCCN1C[C@@H]2C[C@H]1C[C@H]2C#Cc1cc(C)nc(C(=O)N[C@@H](c2ncn3c2C[C@@H](F)C3)c2[nH]c3ccccc3c2F)c1. The maximum Gasteiger partial charge on any atom is 0.270 e. The molecule has 3 aromatic heterocycles. The molecule has 1 saturated heterocycles. The number of H-pyrrole nitrogens is 1. The van der Waals surface area contributed by atoms with Crippen LogP contribution < -0.4 is 5.32 Å². The van der Waals surface area contributed by atoms with Gasteiger partial charge in [-0.25, -0.2) is 18.7 Å². The van der Waals surface area contributed by atoms with Crippen LogP contribution in [-0.4, -0.2) is 69.3 Å². The number of para-hydroxylation sites is 1. The molecular formula is C33H34F2N6O2. The molecule has 2 fully saturated rings. The predicted octanol–water partition coefficient (Wildman–Crippen LogP) is 4.33. The summed E-state index contributed by atoms with van der Waals surface area (Å²) in [5.41, 5.74) is 3.39. The van der Waals surface area contributed by atoms with E-state index in [-0.39, 0.29) is 24.4 Å². The maximum atomic E-state index is 15.7. The Morgan fingerprint density at radius 3 is 2.91 bits per heavy atom. The van der Waals surface area contributed by atoms with E-state index in [2.05, 4.69) is 37.0 Å². The summed E-state index contributed by atoms with van der Waals surface area (Å²) in [6, 6.07) is 10.2. The zero-order valence-corrected chi connectivity index (χ0v) is 24.2. The van der Waals surface area contributed by atoms with Crippen molar-refractivity contribution in [1.82, 2.24) is 29.7 Å². The normalized spacial score (nSPS) is 23.3. The maximum absolute atomic E-state index is 15.7. The number of carbonyl (C=O) groups excluding carboxylic acids is 1. The average molecular weight is 585 g/mol. The topological polar surface area (TPSA) is 88.1 Å². The number of benzene rings is 1. The number of carbonyl (C=O) groups is 1. The molecule has 1 saturated carbocycles. The minimum atomic E-state index is -1.05. The van der Waals surface area contributed by atoms with Crippen LogP contribution in [0.15, 0.2) is 42.7 Å². The molecule has 0 spiro atoms. The van der Waals surface area contributed by atoms with Gasteiger partial charge in [-0.2, -0.15) is 0 Å². The second-order valence-corrected chi connectivity index (χ2v) is 12.0. The monoisotopic (exact) mass is 584 g/mol. The third-order valence-corrected chi connectivity index (χ3v) is 9.12. The van der Waals surface area contributed by atoms with Gasteiger partial charge in [0, 0.05) is 66.4 Å². The van der Waals surface area contributed by atoms with Crippen molar-refractivity contribution in [2.24, 2.45) is 11.8 Å². The van der Waals surface area contributed by atoms with E-state index >= 15 is 4.39 Å². The number of pyridine rings is 1. The molecule has 5 atom stereocenters. The zero-order valence-electron chi connectivity index (χ0n) is 24.2. The van der Waals surface area contributed by atoms with E-state index in [1.807, 2.05) is 19.1 Å². The number of rotatable bonds is 7. The molecule has 222 valence electrons. The van der Waals surface area contributed by atoms with Crippen molar-refractivity contribution in [3.05, 3.63) is 82.6 Å². The molecule has 2 aliphatic heterocycles. The Balaban J connectivity index is 1.15. The fourth-order valence-corrected chi connectivity index (χ4v) is 7.08. The van der Waals surface area contributed by atoms with E-state index in [0.717, 1.165) is 26.1 Å². The third-order valence-electron chi connectivity index (χ3n) is 9.12. The quantitative estimate of drug-likeness (QED) is 0.316. The van der Waals surface area contributed by atoms with E-state index in [4.69, 9.17) is 4.74 Å². The first-order valence-electron chi connectivity index (χ1n) is 14.9. The van der Waals surface area contributed by atoms with Crippen molar-refractivity contribution in [2.45, 2.75) is 51.0 Å². The number of nitrogens with one attached hydrogen (secondary N) is 2. The van der Waals surface area contributed by atoms with Crippen LogP contribution in [0.25, 0.3) is 10.9 Å². The van der Waals surface area contributed by atoms with Gasteiger partial charge in [-0.15, -0.1) is 0 Å². The van der Waals surface area contributed by atoms with Gasteiger partial charge in [-0.1, -0.05) is 24.0 Å². The molecule has 3 aliphatic rings. The Bertz CT molecular complexity index is 1750. The number of imidazole rings is 1. The van der Waals surface area contributed by atoms with E-state index < -0.39 is 23.9 Å². The van der Waals surface area contributed by atoms with Crippen molar-refractivity contribution in [2.75, 3.05) is 26.8 Å². The number of amides is 1. The van der Waals surface area contributed by atoms with Gasteiger partial charge in [-0.3, -0.25) is 9.69 Å². The Hall–Kier alpha value is -4.07. The molecule has 8 nitrogen and oxygen atoms in total. The lowest BCUT2D eigenvalue weighted by Crippen LogP contribution is -2.37. The van der Waals surface area contributed by atoms with Crippen molar-refractivity contribution >= 4 is 16.8 Å². The van der Waals surface area contributed by atoms with Crippen LogP contribution in [0.2, 0.25) is 0 Å². The standard InChI is InChI=1S/C33H34F2N6O2/c1-19-11-20(7-8-21-13-24-14-22(21)16-40(24)9-10-43-2)12-27(37-19)33(42)39-32(30-28-15-23(34)17-41(28)18-36-30)31-29(35)25-5-3-4-6-26(25)38-31/h3-6,11-12,18,21-24,32,38H,9-10,13-17H2,1-2H3,(H,39,42)/t21-,22+,23-,24-,32+/m1/s1. The molecule has 43 heavy (non-hydrogen) atoms. The summed E-state index contributed by atoms with van der Waals surface area (Å²) < 4.78 is 37.0. The molecule has 0 unspecified atom stereocenters. The molecule has 10 heteroatoms. The Labute approximate surface area is 248 Å². The zero-order chi connectivity index (χ0) is 29.7. The van der Waals surface area contributed by atoms with Crippen LogP contribution >= 0.6 is 0 Å². The third kappa shape index (κ3) is 5.21. The van der Waals surface area contributed by atoms with Crippen LogP contribution in [0, 0.1) is 36.4 Å². The smallest absolute Gasteiger partial charge is 0.270 e. The van der Waals surface area contributed by atoms with Gasteiger partial charge in [0.1, 0.15) is 17.9 Å². The van der Waals surface area contributed by atoms with Crippen LogP contribution in [0.1, 0.15) is 57.7 Å². The van der Waals surface area contributed by atoms with Crippen molar-refractivity contribution in [1.29, 1.82) is 0 Å². The van der Waals surface area contributed by atoms with Gasteiger partial charge in [-0.05, 0) is 49.9 Å². The number of piperidine rings is 1. The van der Waals surface area contributed by atoms with Gasteiger partial charge in [0.05, 0.1) is 30.9 Å². The number of aromatic nitrogens is 4. The number of ether oxygens (including phenoxy) is 1. The van der Waals surface area contributed by atoms with Crippen LogP contribution in [0.5, 0.6) is 0 Å². The molecule has 5 heterocycles. The number of methoxy groups -OCH3 is 1. The molecule has 1 aromatic carbocycles. The molecule has 1 aliphatic carbocycles. The second-order valence-electron chi connectivity index (χ2n) is 12.0. The molecule has 2 N–H and O–H groups in total. The van der Waals surface area contributed by atoms with Crippen molar-refractivity contribution < 1.29 is 18.3 Å². The lowest BCUT2D eigenvalue weighted by atomic mass is 9.95. The average Bonchev–Trinajstić information content (AvgIpc) is 3.81. The minimum Gasteiger partial charge on any atom is -0.383 e. The second kappa shape index (κ2) is 11.2. The van der Waals surface area contributed by atoms with E-state index in [1.54, 1.807) is 42.3 Å². The first-order chi connectivity index (χ1) is 20.9. The summed E-state index contributed by atoms with van der Waals surface area (Å²) in [4.78, 5) is 28.3. The lowest BCUT2D eigenvalue weighted by molar-refractivity contribution is 0.0936. The number of aryl methyl sites for hydroxylation is 1. The number of halogens is 2. The highest BCUT2D eigenvalue weighted by atomic mass is 19.1. The van der Waals surface area contributed by atoms with E-state index in [0.29, 0.717) is 51.4 Å². The number of hydrogen-bond acceptors (Lipinski definition) is 5. The molecule has 1 amide bonds. The van der Waals surface area contributed by atoms with Gasteiger partial charge >= 0.3 is 0 Å². The van der Waals surface area contributed by atoms with Gasteiger partial charge in [0.25, 0.3) is 5.91 Å². The summed E-state index contributed by atoms with van der Waals surface area (Å²) in [6.45, 7) is 4.76. The molecule has 2 bridgehead atoms. The Morgan fingerprint density at radius 1 is 1.26 bits per heavy atom. The number of hydrogen-bond donors (Lipinski definition) is 2. The Kier molecular flexibility index (Phi) is 7.23. The van der Waals surface area contributed by atoms with Crippen LogP contribution in [0.3, 0.4) is 0 Å². The van der Waals surface area contributed by atoms with Crippen LogP contribution in [0.4, 0.5) is 8.78 Å². The summed E-state index contributed by atoms with van der Waals surface area (Å²) >= 11 is 0. The number of nitrogens with zero attached hydrogens (tertiary/aromatic N) is 4. The van der Waals surface area contributed by atoms with E-state index in [1.165, 1.54) is 6.42 Å². The van der Waals surface area contributed by atoms with Crippen LogP contribution in [-0.2, 0) is 17.7 Å². The largest absolute Gasteiger partial charge is 0.383 e. The molecular weight excluding hydrogens is 550 g/mol. The van der Waals surface area contributed by atoms with Crippen molar-refractivity contribution in [3.8, 4) is 11.8 Å². The molecule has 4 aromatic rings. The summed E-state index contributed by atoms with van der Waals surface area (Å²) in [5.74, 6) is 6.69. The van der Waals surface area contributed by atoms with E-state index in [9.17, 15) is 9.18 Å². The highest BCUT2D eigenvalue weighted by Crippen LogP contribution is 2.41. The van der Waals surface area contributed by atoms with Gasteiger partial charge in [0.15, 0.2) is 5.82 Å². The van der Waals surface area contributed by atoms with Crippen molar-refractivity contribution in [3.63, 3.8) is 0 Å². The molecule has 7 rings (SSSR count). The van der Waals surface area contributed by atoms with Gasteiger partial charge in [0.2, 0.25) is 0 Å². The highest BCUT2D eigenvalue weighted by Gasteiger charge is 2.43. The number of aromatic amines is 1. The number of alkyl halides is 1. The summed E-state index contributed by atoms with van der Waals surface area (Å²) in [7, 11) is 1.73. The number of fused-ring (bicyclic) bond motifs is 4. The fourth-order valence-electron chi connectivity index (χ4n) is 7.08. The lowest BCUT2D eigenvalue weighted by Gasteiger charge is -2.29. The number of likely N-dealkylation sites (tertiary alicyclic amines) is 1. The Morgan fingerprint density at radius 2 is 2.12 bits per heavy atom.